The van der Waals surface area contributed by atoms with E-state index < -0.39 is 4.92 Å². The van der Waals surface area contributed by atoms with Crippen molar-refractivity contribution in [3.05, 3.63) is 76.0 Å². The first kappa shape index (κ1) is 20.1. The highest BCUT2D eigenvalue weighted by atomic mass is 16.6. The molecule has 2 amide bonds. The number of benzene rings is 2. The highest BCUT2D eigenvalue weighted by molar-refractivity contribution is 5.81. The first-order valence-electron chi connectivity index (χ1n) is 9.27. The maximum Gasteiger partial charge on any atom is 0.292 e. The van der Waals surface area contributed by atoms with Gasteiger partial charge in [0, 0.05) is 32.3 Å². The zero-order valence-electron chi connectivity index (χ0n) is 16.0. The number of amides is 2. The summed E-state index contributed by atoms with van der Waals surface area (Å²) in [6, 6.07) is 13.7. The summed E-state index contributed by atoms with van der Waals surface area (Å²) in [5, 5.41) is 16.8. The van der Waals surface area contributed by atoms with Crippen LogP contribution in [0.25, 0.3) is 6.08 Å². The Kier molecular flexibility index (Phi) is 6.23. The Balaban J connectivity index is 1.57. The van der Waals surface area contributed by atoms with Crippen LogP contribution in [-0.2, 0) is 9.59 Å². The second-order valence-electron chi connectivity index (χ2n) is 6.64. The second kappa shape index (κ2) is 9.01. The van der Waals surface area contributed by atoms with Crippen LogP contribution in [0.4, 0.5) is 11.4 Å². The Labute approximate surface area is 168 Å². The monoisotopic (exact) mass is 394 g/mol. The van der Waals surface area contributed by atoms with Gasteiger partial charge in [0.1, 0.15) is 5.69 Å². The number of nitro groups is 1. The minimum atomic E-state index is -0.453. The third-order valence-electron chi connectivity index (χ3n) is 4.71. The van der Waals surface area contributed by atoms with Crippen molar-refractivity contribution in [3.63, 3.8) is 0 Å². The zero-order chi connectivity index (χ0) is 20.8. The molecular formula is C21H22N4O4. The molecule has 8 nitrogen and oxygen atoms in total. The standard InChI is InChI=1S/C21H22N4O4/c1-15(26)24-13-10-16-6-2-3-7-17(16)20(24)14-21(27)23-12-11-22-18-8-4-5-9-19(18)25(28)29/h2-10,13,20,22H,11-12,14H2,1H3,(H,23,27). The minimum Gasteiger partial charge on any atom is -0.378 e. The van der Waals surface area contributed by atoms with Crippen LogP contribution < -0.4 is 10.6 Å². The van der Waals surface area contributed by atoms with Crippen LogP contribution in [0.15, 0.2) is 54.7 Å². The summed E-state index contributed by atoms with van der Waals surface area (Å²) in [6.45, 7) is 2.11. The Morgan fingerprint density at radius 2 is 1.83 bits per heavy atom. The van der Waals surface area contributed by atoms with Gasteiger partial charge in [-0.1, -0.05) is 36.4 Å². The van der Waals surface area contributed by atoms with Gasteiger partial charge in [0.05, 0.1) is 17.4 Å². The van der Waals surface area contributed by atoms with E-state index in [4.69, 9.17) is 0 Å². The summed E-state index contributed by atoms with van der Waals surface area (Å²) in [5.74, 6) is -0.331. The topological polar surface area (TPSA) is 105 Å². The fraction of sp³-hybridized carbons (Fsp3) is 0.238. The molecule has 8 heteroatoms. The van der Waals surface area contributed by atoms with Crippen LogP contribution in [-0.4, -0.2) is 34.7 Å². The van der Waals surface area contributed by atoms with E-state index in [1.807, 2.05) is 30.3 Å². The molecule has 1 heterocycles. The summed E-state index contributed by atoms with van der Waals surface area (Å²) in [4.78, 5) is 36.6. The van der Waals surface area contributed by atoms with Gasteiger partial charge in [0.25, 0.3) is 5.69 Å². The van der Waals surface area contributed by atoms with Gasteiger partial charge in [0.15, 0.2) is 0 Å². The maximum atomic E-state index is 12.5. The molecule has 0 aliphatic carbocycles. The quantitative estimate of drug-likeness (QED) is 0.427. The number of anilines is 1. The molecule has 0 aromatic heterocycles. The van der Waals surface area contributed by atoms with Gasteiger partial charge in [-0.25, -0.2) is 0 Å². The van der Waals surface area contributed by atoms with E-state index in [1.54, 1.807) is 29.3 Å². The van der Waals surface area contributed by atoms with Crippen molar-refractivity contribution >= 4 is 29.3 Å². The molecule has 1 aliphatic heterocycles. The Morgan fingerprint density at radius 1 is 1.10 bits per heavy atom. The SMILES string of the molecule is CC(=O)N1C=Cc2ccccc2C1CC(=O)NCCNc1ccccc1[N+](=O)[O-]. The highest BCUT2D eigenvalue weighted by Gasteiger charge is 2.28. The van der Waals surface area contributed by atoms with Crippen molar-refractivity contribution in [3.8, 4) is 0 Å². The molecule has 0 radical (unpaired) electrons. The molecule has 1 unspecified atom stereocenters. The number of fused-ring (bicyclic) bond motifs is 1. The molecule has 0 spiro atoms. The summed E-state index contributed by atoms with van der Waals surface area (Å²) >= 11 is 0. The largest absolute Gasteiger partial charge is 0.378 e. The molecule has 0 fully saturated rings. The number of hydrogen-bond donors (Lipinski definition) is 2. The molecule has 2 N–H and O–H groups in total. The molecule has 0 saturated carbocycles. The van der Waals surface area contributed by atoms with Gasteiger partial charge in [-0.2, -0.15) is 0 Å². The van der Waals surface area contributed by atoms with Gasteiger partial charge < -0.3 is 15.5 Å². The van der Waals surface area contributed by atoms with Crippen LogP contribution in [0.1, 0.15) is 30.5 Å². The highest BCUT2D eigenvalue weighted by Crippen LogP contribution is 2.32. The third kappa shape index (κ3) is 4.78. The van der Waals surface area contributed by atoms with Gasteiger partial charge >= 0.3 is 0 Å². The van der Waals surface area contributed by atoms with E-state index in [0.717, 1.165) is 11.1 Å². The lowest BCUT2D eigenvalue weighted by atomic mass is 9.93. The molecule has 29 heavy (non-hydrogen) atoms. The van der Waals surface area contributed by atoms with E-state index in [9.17, 15) is 19.7 Å². The first-order chi connectivity index (χ1) is 14.0. The molecule has 2 aromatic carbocycles. The molecule has 3 rings (SSSR count). The number of nitrogens with one attached hydrogen (secondary N) is 2. The fourth-order valence-electron chi connectivity index (χ4n) is 3.34. The van der Waals surface area contributed by atoms with Gasteiger partial charge in [-0.15, -0.1) is 0 Å². The number of carbonyl (C=O) groups excluding carboxylic acids is 2. The number of rotatable bonds is 7. The second-order valence-corrected chi connectivity index (χ2v) is 6.64. The van der Waals surface area contributed by atoms with Crippen molar-refractivity contribution in [2.45, 2.75) is 19.4 Å². The molecule has 0 bridgehead atoms. The maximum absolute atomic E-state index is 12.5. The van der Waals surface area contributed by atoms with E-state index >= 15 is 0 Å². The van der Waals surface area contributed by atoms with Crippen molar-refractivity contribution in [1.29, 1.82) is 0 Å². The lowest BCUT2D eigenvalue weighted by Crippen LogP contribution is -2.36. The van der Waals surface area contributed by atoms with E-state index in [2.05, 4.69) is 10.6 Å². The van der Waals surface area contributed by atoms with Crippen LogP contribution in [0.5, 0.6) is 0 Å². The molecule has 1 aliphatic rings. The Morgan fingerprint density at radius 3 is 2.59 bits per heavy atom. The van der Waals surface area contributed by atoms with Crippen molar-refractivity contribution in [2.75, 3.05) is 18.4 Å². The van der Waals surface area contributed by atoms with Gasteiger partial charge in [-0.3, -0.25) is 19.7 Å². The van der Waals surface area contributed by atoms with E-state index in [1.165, 1.54) is 13.0 Å². The third-order valence-corrected chi connectivity index (χ3v) is 4.71. The number of nitro benzene ring substituents is 1. The average Bonchev–Trinajstić information content (AvgIpc) is 2.71. The minimum absolute atomic E-state index is 0.0125. The van der Waals surface area contributed by atoms with Crippen molar-refractivity contribution < 1.29 is 14.5 Å². The fourth-order valence-corrected chi connectivity index (χ4v) is 3.34. The van der Waals surface area contributed by atoms with E-state index in [0.29, 0.717) is 18.8 Å². The smallest absolute Gasteiger partial charge is 0.292 e. The van der Waals surface area contributed by atoms with E-state index in [-0.39, 0.29) is 30.0 Å². The summed E-state index contributed by atoms with van der Waals surface area (Å²) in [6.07, 6.45) is 3.70. The number of nitrogens with zero attached hydrogens (tertiary/aromatic N) is 2. The molecule has 150 valence electrons. The molecule has 2 aromatic rings. The van der Waals surface area contributed by atoms with Gasteiger partial charge in [-0.05, 0) is 23.3 Å². The average molecular weight is 394 g/mol. The lowest BCUT2D eigenvalue weighted by molar-refractivity contribution is -0.384. The Hall–Kier alpha value is -3.68. The van der Waals surface area contributed by atoms with Crippen molar-refractivity contribution in [1.82, 2.24) is 10.2 Å². The molecule has 0 saturated heterocycles. The zero-order valence-corrected chi connectivity index (χ0v) is 16.0. The van der Waals surface area contributed by atoms with Gasteiger partial charge in [0.2, 0.25) is 11.8 Å². The summed E-state index contributed by atoms with van der Waals surface area (Å²) in [7, 11) is 0. The Bertz CT molecular complexity index is 957. The number of carbonyl (C=O) groups is 2. The number of para-hydroxylation sites is 2. The van der Waals surface area contributed by atoms with Crippen LogP contribution in [0, 0.1) is 10.1 Å². The van der Waals surface area contributed by atoms with Crippen LogP contribution in [0.2, 0.25) is 0 Å². The molecule has 1 atom stereocenters. The predicted molar refractivity (Wildman–Crippen MR) is 110 cm³/mol. The van der Waals surface area contributed by atoms with Crippen molar-refractivity contribution in [2.24, 2.45) is 0 Å². The summed E-state index contributed by atoms with van der Waals surface area (Å²) < 4.78 is 0. The first-order valence-corrected chi connectivity index (χ1v) is 9.27. The predicted octanol–water partition coefficient (Wildman–Crippen LogP) is 3.09. The van der Waals surface area contributed by atoms with Crippen LogP contribution in [0.3, 0.4) is 0 Å². The number of hydrogen-bond acceptors (Lipinski definition) is 5. The normalized spacial score (nSPS) is 14.8. The summed E-state index contributed by atoms with van der Waals surface area (Å²) in [5.41, 5.74) is 2.31. The molecular weight excluding hydrogens is 372 g/mol. The lowest BCUT2D eigenvalue weighted by Gasteiger charge is -2.32. The van der Waals surface area contributed by atoms with Crippen LogP contribution >= 0.6 is 0 Å².